The molecule has 1 atom stereocenters. The Morgan fingerprint density at radius 1 is 0.269 bits per heavy atom. The Morgan fingerprint density at radius 2 is 0.500 bits per heavy atom. The fourth-order valence-corrected chi connectivity index (χ4v) is 8.88. The zero-order valence-electron chi connectivity index (χ0n) is 50.9. The summed E-state index contributed by atoms with van der Waals surface area (Å²) >= 11 is 0. The van der Waals surface area contributed by atoms with Gasteiger partial charge in [-0.25, -0.2) is 0 Å². The minimum atomic E-state index is -0.786. The monoisotopic (exact) mass is 1080 g/mol. The van der Waals surface area contributed by atoms with Crippen molar-refractivity contribution in [2.24, 2.45) is 0 Å². The Balaban J connectivity index is 4.18. The first kappa shape index (κ1) is 73.8. The Kier molecular flexibility index (Phi) is 61.8. The molecule has 6 heteroatoms. The summed E-state index contributed by atoms with van der Waals surface area (Å²) in [6.45, 7) is 6.48. The van der Waals surface area contributed by atoms with Crippen molar-refractivity contribution >= 4 is 17.9 Å². The molecule has 0 bridgehead atoms. The maximum absolute atomic E-state index is 12.8. The van der Waals surface area contributed by atoms with Gasteiger partial charge in [-0.05, 0) is 96.3 Å². The first-order valence-electron chi connectivity index (χ1n) is 32.5. The van der Waals surface area contributed by atoms with Crippen LogP contribution in [0.2, 0.25) is 0 Å². The van der Waals surface area contributed by atoms with Crippen molar-refractivity contribution in [3.05, 3.63) is 122 Å². The van der Waals surface area contributed by atoms with Crippen molar-refractivity contribution < 1.29 is 28.6 Å². The number of rotatable bonds is 58. The highest BCUT2D eigenvalue weighted by Crippen LogP contribution is 2.16. The van der Waals surface area contributed by atoms with Crippen molar-refractivity contribution in [1.29, 1.82) is 0 Å². The van der Waals surface area contributed by atoms with Crippen molar-refractivity contribution in [2.75, 3.05) is 13.2 Å². The van der Waals surface area contributed by atoms with Crippen LogP contribution in [-0.2, 0) is 28.6 Å². The van der Waals surface area contributed by atoms with E-state index in [9.17, 15) is 14.4 Å². The molecule has 0 aliphatic rings. The van der Waals surface area contributed by atoms with E-state index < -0.39 is 6.10 Å². The van der Waals surface area contributed by atoms with E-state index in [2.05, 4.69) is 142 Å². The minimum absolute atomic E-state index is 0.0844. The van der Waals surface area contributed by atoms with Gasteiger partial charge in [-0.3, -0.25) is 14.4 Å². The maximum atomic E-state index is 12.8. The summed E-state index contributed by atoms with van der Waals surface area (Å²) in [5.74, 6) is -0.910. The Hall–Kier alpha value is -4.19. The standard InChI is InChI=1S/C72H120O6/c1-4-7-10-13-16-18-20-22-24-26-28-29-30-31-32-33-34-35-36-37-38-39-40-41-42-43-44-46-47-49-51-53-56-59-62-65-71(74)77-68-69(67-76-70(73)64-61-58-55-15-12-9-6-3)78-72(75)66-63-60-57-54-52-50-48-45-27-25-23-21-19-17-14-11-8-5-2/h7,10,16,18,22,24,28-29,31-32,34-35,37-38,40-41,43-44,47,49,69H,4-6,8-9,11-15,17,19-21,23,25-27,30,33,36,39,42,45-46,48,50-68H2,1-3H3/b10-7-,18-16-,24-22-,29-28-,32-31-,35-34-,38-37-,41-40-,44-43-,49-47-. The second-order valence-electron chi connectivity index (χ2n) is 21.3. The summed E-state index contributed by atoms with van der Waals surface area (Å²) < 4.78 is 16.8. The van der Waals surface area contributed by atoms with E-state index in [0.29, 0.717) is 19.3 Å². The fourth-order valence-electron chi connectivity index (χ4n) is 8.88. The average molecular weight is 1080 g/mol. The van der Waals surface area contributed by atoms with Gasteiger partial charge in [0.1, 0.15) is 13.2 Å². The topological polar surface area (TPSA) is 78.9 Å². The van der Waals surface area contributed by atoms with Crippen LogP contribution in [0, 0.1) is 0 Å². The summed E-state index contributed by atoms with van der Waals surface area (Å²) in [4.78, 5) is 38.0. The normalized spacial score (nSPS) is 12.9. The summed E-state index contributed by atoms with van der Waals surface area (Å²) in [5, 5.41) is 0. The van der Waals surface area contributed by atoms with Crippen molar-refractivity contribution in [3.63, 3.8) is 0 Å². The van der Waals surface area contributed by atoms with Gasteiger partial charge in [0.15, 0.2) is 6.10 Å². The molecule has 6 nitrogen and oxygen atoms in total. The SMILES string of the molecule is CC/C=C\C/C=C\C/C=C\C/C=C\C/C=C\C/C=C\C/C=C\C/C=C\C/C=C\C/C=C\CCCCCCC(=O)OCC(COC(=O)CCCCCCCCC)OC(=O)CCCCCCCCCCCCCCCCCCCC. The first-order valence-corrected chi connectivity index (χ1v) is 32.5. The molecular weight excluding hydrogens is 961 g/mol. The van der Waals surface area contributed by atoms with Gasteiger partial charge in [-0.15, -0.1) is 0 Å². The zero-order valence-corrected chi connectivity index (χ0v) is 50.9. The second-order valence-corrected chi connectivity index (χ2v) is 21.3. The van der Waals surface area contributed by atoms with E-state index in [4.69, 9.17) is 14.2 Å². The van der Waals surface area contributed by atoms with Gasteiger partial charge in [0.2, 0.25) is 0 Å². The predicted molar refractivity (Wildman–Crippen MR) is 339 cm³/mol. The molecule has 0 saturated heterocycles. The average Bonchev–Trinajstić information content (AvgIpc) is 3.44. The van der Waals surface area contributed by atoms with E-state index >= 15 is 0 Å². The summed E-state index contributed by atoms with van der Waals surface area (Å²) in [6, 6.07) is 0. The van der Waals surface area contributed by atoms with Gasteiger partial charge in [-0.1, -0.05) is 303 Å². The number of esters is 3. The van der Waals surface area contributed by atoms with Crippen molar-refractivity contribution in [2.45, 2.75) is 303 Å². The molecule has 78 heavy (non-hydrogen) atoms. The quantitative estimate of drug-likeness (QED) is 0.0261. The van der Waals surface area contributed by atoms with Crippen molar-refractivity contribution in [3.8, 4) is 0 Å². The van der Waals surface area contributed by atoms with Crippen molar-refractivity contribution in [1.82, 2.24) is 0 Å². The molecule has 0 aromatic heterocycles. The molecular formula is C72H120O6. The smallest absolute Gasteiger partial charge is 0.306 e. The van der Waals surface area contributed by atoms with Crippen LogP contribution in [0.4, 0.5) is 0 Å². The van der Waals surface area contributed by atoms with Crippen LogP contribution in [0.1, 0.15) is 297 Å². The maximum Gasteiger partial charge on any atom is 0.306 e. The van der Waals surface area contributed by atoms with Gasteiger partial charge >= 0.3 is 17.9 Å². The zero-order chi connectivity index (χ0) is 56.4. The Labute approximate surface area is 482 Å². The second kappa shape index (κ2) is 65.3. The van der Waals surface area contributed by atoms with E-state index in [1.165, 1.54) is 122 Å². The first-order chi connectivity index (χ1) is 38.5. The van der Waals surface area contributed by atoms with Crippen LogP contribution in [0.15, 0.2) is 122 Å². The fraction of sp³-hybridized carbons (Fsp3) is 0.681. The molecule has 0 radical (unpaired) electrons. The molecule has 444 valence electrons. The number of carbonyl (C=O) groups is 3. The molecule has 0 fully saturated rings. The van der Waals surface area contributed by atoms with Crippen LogP contribution in [0.3, 0.4) is 0 Å². The van der Waals surface area contributed by atoms with Crippen LogP contribution >= 0.6 is 0 Å². The minimum Gasteiger partial charge on any atom is -0.462 e. The molecule has 1 unspecified atom stereocenters. The molecule has 0 aliphatic carbocycles. The molecule has 0 amide bonds. The van der Waals surface area contributed by atoms with E-state index in [-0.39, 0.29) is 31.1 Å². The van der Waals surface area contributed by atoms with Gasteiger partial charge < -0.3 is 14.2 Å². The largest absolute Gasteiger partial charge is 0.462 e. The number of unbranched alkanes of at least 4 members (excludes halogenated alkanes) is 27. The number of hydrogen-bond donors (Lipinski definition) is 0. The van der Waals surface area contributed by atoms with Crippen LogP contribution in [0.5, 0.6) is 0 Å². The summed E-state index contributed by atoms with van der Waals surface area (Å²) in [7, 11) is 0. The third kappa shape index (κ3) is 62.7. The molecule has 0 saturated carbocycles. The third-order valence-corrected chi connectivity index (χ3v) is 13.7. The lowest BCUT2D eigenvalue weighted by molar-refractivity contribution is -0.167. The number of carbonyl (C=O) groups excluding carboxylic acids is 3. The molecule has 0 spiro atoms. The predicted octanol–water partition coefficient (Wildman–Crippen LogP) is 22.4. The highest BCUT2D eigenvalue weighted by atomic mass is 16.6. The van der Waals surface area contributed by atoms with Gasteiger partial charge in [0.25, 0.3) is 0 Å². The highest BCUT2D eigenvalue weighted by molar-refractivity contribution is 5.71. The molecule has 0 aliphatic heterocycles. The lowest BCUT2D eigenvalue weighted by Gasteiger charge is -2.18. The number of hydrogen-bond acceptors (Lipinski definition) is 6. The molecule has 0 N–H and O–H groups in total. The summed E-state index contributed by atoms with van der Waals surface area (Å²) in [5.41, 5.74) is 0. The van der Waals surface area contributed by atoms with Gasteiger partial charge in [0.05, 0.1) is 0 Å². The molecule has 0 aromatic carbocycles. The number of allylic oxidation sites excluding steroid dienone is 20. The Bertz CT molecular complexity index is 1620. The molecule has 0 heterocycles. The van der Waals surface area contributed by atoms with Crippen LogP contribution in [-0.4, -0.2) is 37.2 Å². The third-order valence-electron chi connectivity index (χ3n) is 13.7. The lowest BCUT2D eigenvalue weighted by Crippen LogP contribution is -2.30. The van der Waals surface area contributed by atoms with Gasteiger partial charge in [0, 0.05) is 19.3 Å². The summed E-state index contributed by atoms with van der Waals surface area (Å²) in [6.07, 6.45) is 90.9. The Morgan fingerprint density at radius 3 is 0.782 bits per heavy atom. The molecule has 0 rings (SSSR count). The number of ether oxygens (including phenoxy) is 3. The van der Waals surface area contributed by atoms with Crippen LogP contribution < -0.4 is 0 Å². The van der Waals surface area contributed by atoms with E-state index in [1.807, 2.05) is 0 Å². The molecule has 0 aromatic rings. The van der Waals surface area contributed by atoms with E-state index in [1.54, 1.807) is 0 Å². The lowest BCUT2D eigenvalue weighted by atomic mass is 10.0. The van der Waals surface area contributed by atoms with Crippen LogP contribution in [0.25, 0.3) is 0 Å². The van der Waals surface area contributed by atoms with Gasteiger partial charge in [-0.2, -0.15) is 0 Å². The highest BCUT2D eigenvalue weighted by Gasteiger charge is 2.19. The van der Waals surface area contributed by atoms with E-state index in [0.717, 1.165) is 135 Å².